The third-order valence-electron chi connectivity index (χ3n) is 6.07. The van der Waals surface area contributed by atoms with Gasteiger partial charge in [0.15, 0.2) is 0 Å². The van der Waals surface area contributed by atoms with Crippen LogP contribution in [0.2, 0.25) is 0 Å². The van der Waals surface area contributed by atoms with Crippen LogP contribution in [-0.4, -0.2) is 27.0 Å². The van der Waals surface area contributed by atoms with Crippen LogP contribution in [0.4, 0.5) is 0 Å². The fraction of sp³-hybridized carbons (Fsp3) is 0.138. The van der Waals surface area contributed by atoms with Crippen LogP contribution in [0.15, 0.2) is 96.3 Å². The molecular formula is C29H26N2O3. The van der Waals surface area contributed by atoms with Crippen LogP contribution < -0.4 is 0 Å². The van der Waals surface area contributed by atoms with Crippen LogP contribution >= 0.6 is 0 Å². The Morgan fingerprint density at radius 3 is 2.32 bits per heavy atom. The summed E-state index contributed by atoms with van der Waals surface area (Å²) >= 11 is 0. The minimum atomic E-state index is -0.943. The minimum absolute atomic E-state index is 0.0428. The van der Waals surface area contributed by atoms with Crippen molar-refractivity contribution in [2.24, 2.45) is 5.16 Å². The molecule has 170 valence electrons. The number of hydrogen-bond donors (Lipinski definition) is 2. The molecule has 0 amide bonds. The average molecular weight is 451 g/mol. The van der Waals surface area contributed by atoms with E-state index in [4.69, 9.17) is 0 Å². The number of benzene rings is 3. The van der Waals surface area contributed by atoms with Crippen LogP contribution in [0.1, 0.15) is 50.6 Å². The van der Waals surface area contributed by atoms with Gasteiger partial charge in [0.05, 0.1) is 11.3 Å². The van der Waals surface area contributed by atoms with Crippen molar-refractivity contribution in [3.63, 3.8) is 0 Å². The SMILES string of the molecule is Cc1cc(C(CC(c2cccc(-c3ccc(C(=O)O)cc3)c2)c2ccccc2C)=NO)ccn1. The molecule has 34 heavy (non-hydrogen) atoms. The third-order valence-corrected chi connectivity index (χ3v) is 6.07. The van der Waals surface area contributed by atoms with Gasteiger partial charge in [-0.2, -0.15) is 0 Å². The van der Waals surface area contributed by atoms with Crippen molar-refractivity contribution in [1.82, 2.24) is 4.98 Å². The Morgan fingerprint density at radius 1 is 0.882 bits per heavy atom. The molecule has 1 heterocycles. The Hall–Kier alpha value is -4.25. The lowest BCUT2D eigenvalue weighted by Gasteiger charge is -2.22. The molecule has 1 unspecified atom stereocenters. The molecule has 5 nitrogen and oxygen atoms in total. The maximum absolute atomic E-state index is 11.2. The Kier molecular flexibility index (Phi) is 6.83. The summed E-state index contributed by atoms with van der Waals surface area (Å²) in [6.45, 7) is 4.00. The van der Waals surface area contributed by atoms with Crippen LogP contribution in [0, 0.1) is 13.8 Å². The standard InChI is InChI=1S/C29H26N2O3/c1-19-6-3-4-9-26(19)27(18-28(31-34)25-14-15-30-20(2)16-25)24-8-5-7-23(17-24)21-10-12-22(13-11-21)29(32)33/h3-17,27,34H,18H2,1-2H3,(H,32,33). The summed E-state index contributed by atoms with van der Waals surface area (Å²) in [5, 5.41) is 22.8. The lowest BCUT2D eigenvalue weighted by atomic mass is 9.82. The molecule has 0 saturated heterocycles. The van der Waals surface area contributed by atoms with E-state index < -0.39 is 5.97 Å². The van der Waals surface area contributed by atoms with Gasteiger partial charge in [0, 0.05) is 29.8 Å². The molecule has 4 aromatic rings. The van der Waals surface area contributed by atoms with Crippen molar-refractivity contribution in [2.75, 3.05) is 0 Å². The van der Waals surface area contributed by atoms with Gasteiger partial charge in [-0.1, -0.05) is 65.8 Å². The van der Waals surface area contributed by atoms with E-state index in [1.165, 1.54) is 0 Å². The molecule has 1 aromatic heterocycles. The molecule has 4 rings (SSSR count). The van der Waals surface area contributed by atoms with Gasteiger partial charge in [-0.15, -0.1) is 0 Å². The van der Waals surface area contributed by atoms with Crippen molar-refractivity contribution < 1.29 is 15.1 Å². The second kappa shape index (κ2) is 10.1. The summed E-state index contributed by atoms with van der Waals surface area (Å²) in [6.07, 6.45) is 2.23. The number of aryl methyl sites for hydroxylation is 2. The van der Waals surface area contributed by atoms with Crippen LogP contribution in [0.25, 0.3) is 11.1 Å². The van der Waals surface area contributed by atoms with Crippen LogP contribution in [0.5, 0.6) is 0 Å². The Bertz CT molecular complexity index is 1340. The van der Waals surface area contributed by atoms with Crippen molar-refractivity contribution >= 4 is 11.7 Å². The third kappa shape index (κ3) is 5.04. The minimum Gasteiger partial charge on any atom is -0.478 e. The normalized spacial score (nSPS) is 12.4. The quantitative estimate of drug-likeness (QED) is 0.192. The second-order valence-electron chi connectivity index (χ2n) is 8.35. The van der Waals surface area contributed by atoms with Gasteiger partial charge in [0.25, 0.3) is 0 Å². The zero-order valence-corrected chi connectivity index (χ0v) is 19.1. The zero-order chi connectivity index (χ0) is 24.1. The number of rotatable bonds is 7. The fourth-order valence-electron chi connectivity index (χ4n) is 4.26. The summed E-state index contributed by atoms with van der Waals surface area (Å²) < 4.78 is 0. The number of pyridine rings is 1. The summed E-state index contributed by atoms with van der Waals surface area (Å²) in [4.78, 5) is 15.5. The highest BCUT2D eigenvalue weighted by molar-refractivity contribution is 6.01. The Balaban J connectivity index is 1.76. The molecule has 0 fully saturated rings. The van der Waals surface area contributed by atoms with Gasteiger partial charge in [0.1, 0.15) is 0 Å². The first kappa shape index (κ1) is 22.9. The van der Waals surface area contributed by atoms with Gasteiger partial charge in [-0.05, 0) is 65.9 Å². The molecule has 1 atom stereocenters. The number of nitrogens with zero attached hydrogens (tertiary/aromatic N) is 2. The molecule has 0 aliphatic heterocycles. The Morgan fingerprint density at radius 2 is 1.65 bits per heavy atom. The van der Waals surface area contributed by atoms with Crippen molar-refractivity contribution in [1.29, 1.82) is 0 Å². The predicted octanol–water partition coefficient (Wildman–Crippen LogP) is 6.46. The monoisotopic (exact) mass is 450 g/mol. The first-order valence-corrected chi connectivity index (χ1v) is 11.1. The van der Waals surface area contributed by atoms with Gasteiger partial charge in [-0.3, -0.25) is 4.98 Å². The van der Waals surface area contributed by atoms with Gasteiger partial charge in [0.2, 0.25) is 0 Å². The summed E-state index contributed by atoms with van der Waals surface area (Å²) in [5.41, 5.74) is 7.89. The largest absolute Gasteiger partial charge is 0.478 e. The highest BCUT2D eigenvalue weighted by Crippen LogP contribution is 2.34. The lowest BCUT2D eigenvalue weighted by molar-refractivity contribution is 0.0697. The van der Waals surface area contributed by atoms with E-state index >= 15 is 0 Å². The molecule has 0 saturated carbocycles. The van der Waals surface area contributed by atoms with Crippen LogP contribution in [-0.2, 0) is 0 Å². The van der Waals surface area contributed by atoms with E-state index in [2.05, 4.69) is 41.3 Å². The number of carbonyl (C=O) groups is 1. The second-order valence-corrected chi connectivity index (χ2v) is 8.35. The number of aromatic carboxylic acids is 1. The summed E-state index contributed by atoms with van der Waals surface area (Å²) in [7, 11) is 0. The number of aromatic nitrogens is 1. The molecular weight excluding hydrogens is 424 g/mol. The van der Waals surface area contributed by atoms with E-state index in [0.717, 1.165) is 39.1 Å². The van der Waals surface area contributed by atoms with E-state index in [0.29, 0.717) is 12.1 Å². The van der Waals surface area contributed by atoms with Gasteiger partial charge in [-0.25, -0.2) is 4.79 Å². The van der Waals surface area contributed by atoms with Crippen LogP contribution in [0.3, 0.4) is 0 Å². The zero-order valence-electron chi connectivity index (χ0n) is 19.1. The molecule has 0 aliphatic rings. The molecule has 0 spiro atoms. The Labute approximate surface area is 199 Å². The lowest BCUT2D eigenvalue weighted by Crippen LogP contribution is -2.12. The van der Waals surface area contributed by atoms with Gasteiger partial charge >= 0.3 is 5.97 Å². The summed E-state index contributed by atoms with van der Waals surface area (Å²) in [6, 6.07) is 27.1. The topological polar surface area (TPSA) is 82.8 Å². The van der Waals surface area contributed by atoms with E-state index in [-0.39, 0.29) is 11.5 Å². The molecule has 3 aromatic carbocycles. The van der Waals surface area contributed by atoms with E-state index in [1.807, 2.05) is 55.5 Å². The van der Waals surface area contributed by atoms with Gasteiger partial charge < -0.3 is 10.3 Å². The highest BCUT2D eigenvalue weighted by atomic mass is 16.4. The van der Waals surface area contributed by atoms with Crippen molar-refractivity contribution in [2.45, 2.75) is 26.2 Å². The molecule has 0 bridgehead atoms. The summed E-state index contributed by atoms with van der Waals surface area (Å²) in [5.74, 6) is -0.985. The average Bonchev–Trinajstić information content (AvgIpc) is 2.85. The molecule has 0 aliphatic carbocycles. The predicted molar refractivity (Wildman–Crippen MR) is 134 cm³/mol. The number of carboxylic acids is 1. The molecule has 2 N–H and O–H groups in total. The highest BCUT2D eigenvalue weighted by Gasteiger charge is 2.21. The first-order chi connectivity index (χ1) is 16.5. The van der Waals surface area contributed by atoms with E-state index in [9.17, 15) is 15.1 Å². The maximum atomic E-state index is 11.2. The number of hydrogen-bond acceptors (Lipinski definition) is 4. The molecule has 5 heteroatoms. The maximum Gasteiger partial charge on any atom is 0.335 e. The van der Waals surface area contributed by atoms with Crippen molar-refractivity contribution in [3.05, 3.63) is 125 Å². The number of oxime groups is 1. The number of carboxylic acid groups (broad SMARTS) is 1. The first-order valence-electron chi connectivity index (χ1n) is 11.1. The fourth-order valence-corrected chi connectivity index (χ4v) is 4.26. The smallest absolute Gasteiger partial charge is 0.335 e. The van der Waals surface area contributed by atoms with E-state index in [1.54, 1.807) is 18.3 Å². The molecule has 0 radical (unpaired) electrons. The van der Waals surface area contributed by atoms with Crippen molar-refractivity contribution in [3.8, 4) is 11.1 Å².